The Balaban J connectivity index is 2.24. The summed E-state index contributed by atoms with van der Waals surface area (Å²) in [7, 11) is 0. The van der Waals surface area contributed by atoms with Crippen LogP contribution in [0.3, 0.4) is 0 Å². The Morgan fingerprint density at radius 1 is 1.09 bits per heavy atom. The van der Waals surface area contributed by atoms with Crippen LogP contribution in [-0.4, -0.2) is 17.7 Å². The zero-order valence-electron chi connectivity index (χ0n) is 12.5. The van der Waals surface area contributed by atoms with Gasteiger partial charge in [-0.1, -0.05) is 41.6 Å². The van der Waals surface area contributed by atoms with Crippen LogP contribution in [0.25, 0.3) is 0 Å². The maximum atomic E-state index is 12.0. The molecule has 6 heteroatoms. The number of oxime groups is 1. The van der Waals surface area contributed by atoms with E-state index >= 15 is 0 Å². The van der Waals surface area contributed by atoms with Gasteiger partial charge >= 0.3 is 12.0 Å². The highest BCUT2D eigenvalue weighted by molar-refractivity contribution is 6.13. The number of fused-ring (bicyclic) bond motifs is 2. The van der Waals surface area contributed by atoms with Crippen LogP contribution in [0, 0.1) is 0 Å². The number of nitrogens with zero attached hydrogens (tertiary/aromatic N) is 2. The van der Waals surface area contributed by atoms with Crippen molar-refractivity contribution < 1.29 is 14.4 Å². The van der Waals surface area contributed by atoms with Crippen molar-refractivity contribution in [3.63, 3.8) is 0 Å². The summed E-state index contributed by atoms with van der Waals surface area (Å²) in [5.41, 5.74) is 9.03. The van der Waals surface area contributed by atoms with Crippen molar-refractivity contribution in [2.75, 3.05) is 4.90 Å². The lowest BCUT2D eigenvalue weighted by Crippen LogP contribution is -2.32. The summed E-state index contributed by atoms with van der Waals surface area (Å²) in [4.78, 5) is 29.4. The molecule has 116 valence electrons. The van der Waals surface area contributed by atoms with Crippen molar-refractivity contribution in [2.24, 2.45) is 10.9 Å². The van der Waals surface area contributed by atoms with E-state index in [0.717, 1.165) is 5.56 Å². The van der Waals surface area contributed by atoms with Crippen LogP contribution in [0.1, 0.15) is 18.1 Å². The zero-order chi connectivity index (χ0) is 16.4. The van der Waals surface area contributed by atoms with Crippen LogP contribution < -0.4 is 10.6 Å². The number of anilines is 2. The predicted molar refractivity (Wildman–Crippen MR) is 86.6 cm³/mol. The number of para-hydroxylation sites is 2. The number of amides is 2. The van der Waals surface area contributed by atoms with Gasteiger partial charge in [0.1, 0.15) is 0 Å². The molecule has 2 aromatic rings. The van der Waals surface area contributed by atoms with Crippen LogP contribution >= 0.6 is 0 Å². The van der Waals surface area contributed by atoms with Crippen LogP contribution in [0.4, 0.5) is 16.2 Å². The minimum Gasteiger partial charge on any atom is -0.351 e. The summed E-state index contributed by atoms with van der Waals surface area (Å²) in [6.45, 7) is 1.29. The Bertz CT molecular complexity index is 814. The first-order chi connectivity index (χ1) is 11.1. The maximum absolute atomic E-state index is 12.0. The molecule has 0 spiro atoms. The van der Waals surface area contributed by atoms with E-state index in [1.807, 2.05) is 42.5 Å². The third kappa shape index (κ3) is 2.78. The fourth-order valence-corrected chi connectivity index (χ4v) is 2.63. The van der Waals surface area contributed by atoms with E-state index in [0.29, 0.717) is 29.1 Å². The summed E-state index contributed by atoms with van der Waals surface area (Å²) >= 11 is 0. The lowest BCUT2D eigenvalue weighted by Gasteiger charge is -2.22. The Morgan fingerprint density at radius 2 is 1.74 bits per heavy atom. The minimum absolute atomic E-state index is 0.421. The first-order valence-corrected chi connectivity index (χ1v) is 7.09. The number of benzene rings is 2. The molecule has 0 aliphatic carbocycles. The van der Waals surface area contributed by atoms with E-state index in [1.165, 1.54) is 11.8 Å². The van der Waals surface area contributed by atoms with Crippen molar-refractivity contribution >= 4 is 29.1 Å². The topological polar surface area (TPSA) is 85.0 Å². The number of hydrogen-bond acceptors (Lipinski definition) is 4. The molecule has 0 fully saturated rings. The SMILES string of the molecule is CC(=O)ON=C1Cc2ccccc2N(C(N)=O)c2ccccc21. The van der Waals surface area contributed by atoms with Crippen molar-refractivity contribution in [3.8, 4) is 0 Å². The van der Waals surface area contributed by atoms with Crippen LogP contribution in [-0.2, 0) is 16.1 Å². The van der Waals surface area contributed by atoms with E-state index in [4.69, 9.17) is 10.6 Å². The van der Waals surface area contributed by atoms with Gasteiger partial charge in [0.15, 0.2) is 0 Å². The molecule has 0 saturated carbocycles. The van der Waals surface area contributed by atoms with E-state index in [9.17, 15) is 9.59 Å². The quantitative estimate of drug-likeness (QED) is 0.649. The molecular formula is C17H15N3O3. The second kappa shape index (κ2) is 5.92. The fourth-order valence-electron chi connectivity index (χ4n) is 2.63. The standard InChI is InChI=1S/C17H15N3O3/c1-11(21)23-19-14-10-12-6-2-4-8-15(12)20(17(18)22)16-9-5-3-7-13(14)16/h2-9H,10H2,1H3,(H2,18,22). The Labute approximate surface area is 133 Å². The van der Waals surface area contributed by atoms with Gasteiger partial charge in [-0.2, -0.15) is 0 Å². The molecule has 3 rings (SSSR count). The van der Waals surface area contributed by atoms with E-state index < -0.39 is 12.0 Å². The van der Waals surface area contributed by atoms with E-state index in [-0.39, 0.29) is 0 Å². The normalized spacial score (nSPS) is 14.7. The van der Waals surface area contributed by atoms with Gasteiger partial charge in [-0.15, -0.1) is 0 Å². The predicted octanol–water partition coefficient (Wildman–Crippen LogP) is 2.73. The van der Waals surface area contributed by atoms with Gasteiger partial charge in [0.2, 0.25) is 0 Å². The van der Waals surface area contributed by atoms with E-state index in [2.05, 4.69) is 5.16 Å². The molecule has 2 amide bonds. The number of nitrogens with two attached hydrogens (primary N) is 1. The Morgan fingerprint density at radius 3 is 2.43 bits per heavy atom. The summed E-state index contributed by atoms with van der Waals surface area (Å²) in [6, 6.07) is 14.1. The zero-order valence-corrected chi connectivity index (χ0v) is 12.5. The number of carbonyl (C=O) groups excluding carboxylic acids is 2. The highest BCUT2D eigenvalue weighted by atomic mass is 16.7. The van der Waals surface area contributed by atoms with Crippen LogP contribution in [0.2, 0.25) is 0 Å². The fraction of sp³-hybridized carbons (Fsp3) is 0.118. The van der Waals surface area contributed by atoms with Gasteiger partial charge in [0.25, 0.3) is 0 Å². The average molecular weight is 309 g/mol. The molecule has 1 aliphatic heterocycles. The number of urea groups is 1. The van der Waals surface area contributed by atoms with Crippen LogP contribution in [0.15, 0.2) is 53.7 Å². The molecule has 0 saturated heterocycles. The van der Waals surface area contributed by atoms with Gasteiger partial charge in [0, 0.05) is 18.9 Å². The van der Waals surface area contributed by atoms with Gasteiger partial charge in [0.05, 0.1) is 17.1 Å². The van der Waals surface area contributed by atoms with Gasteiger partial charge in [-0.05, 0) is 17.7 Å². The van der Waals surface area contributed by atoms with Crippen molar-refractivity contribution in [1.29, 1.82) is 0 Å². The van der Waals surface area contributed by atoms with Gasteiger partial charge < -0.3 is 10.6 Å². The van der Waals surface area contributed by atoms with Gasteiger partial charge in [-0.25, -0.2) is 9.59 Å². The lowest BCUT2D eigenvalue weighted by molar-refractivity contribution is -0.140. The molecule has 6 nitrogen and oxygen atoms in total. The second-order valence-corrected chi connectivity index (χ2v) is 5.12. The Hall–Kier alpha value is -3.15. The summed E-state index contributed by atoms with van der Waals surface area (Å²) in [5.74, 6) is -0.501. The molecule has 1 aliphatic rings. The lowest BCUT2D eigenvalue weighted by atomic mass is 10.0. The molecule has 2 aromatic carbocycles. The van der Waals surface area contributed by atoms with Crippen LogP contribution in [0.5, 0.6) is 0 Å². The molecule has 2 N–H and O–H groups in total. The molecular weight excluding hydrogens is 294 g/mol. The summed E-state index contributed by atoms with van der Waals surface area (Å²) < 4.78 is 0. The highest BCUT2D eigenvalue weighted by Crippen LogP contribution is 2.35. The van der Waals surface area contributed by atoms with Crippen molar-refractivity contribution in [2.45, 2.75) is 13.3 Å². The number of primary amides is 1. The van der Waals surface area contributed by atoms with E-state index in [1.54, 1.807) is 6.07 Å². The largest absolute Gasteiger partial charge is 0.351 e. The summed E-state index contributed by atoms with van der Waals surface area (Å²) in [6.07, 6.45) is 0.421. The molecule has 0 unspecified atom stereocenters. The molecule has 0 atom stereocenters. The monoisotopic (exact) mass is 309 g/mol. The molecule has 1 heterocycles. The summed E-state index contributed by atoms with van der Waals surface area (Å²) in [5, 5.41) is 3.97. The first kappa shape index (κ1) is 14.8. The molecule has 0 bridgehead atoms. The minimum atomic E-state index is -0.585. The Kier molecular flexibility index (Phi) is 3.80. The number of carbonyl (C=O) groups is 2. The molecule has 23 heavy (non-hydrogen) atoms. The van der Waals surface area contributed by atoms with Gasteiger partial charge in [-0.3, -0.25) is 4.90 Å². The van der Waals surface area contributed by atoms with Crippen molar-refractivity contribution in [1.82, 2.24) is 0 Å². The second-order valence-electron chi connectivity index (χ2n) is 5.12. The smallest absolute Gasteiger partial charge is 0.331 e. The third-order valence-electron chi connectivity index (χ3n) is 3.55. The van der Waals surface area contributed by atoms with Crippen molar-refractivity contribution in [3.05, 3.63) is 59.7 Å². The maximum Gasteiger partial charge on any atom is 0.331 e. The highest BCUT2D eigenvalue weighted by Gasteiger charge is 2.27. The number of rotatable bonds is 1. The third-order valence-corrected chi connectivity index (χ3v) is 3.55. The first-order valence-electron chi connectivity index (χ1n) is 7.09. The average Bonchev–Trinajstić information content (AvgIpc) is 2.67. The number of hydrogen-bond donors (Lipinski definition) is 1. The molecule has 0 aromatic heterocycles. The molecule has 0 radical (unpaired) electrons.